The molecule has 0 radical (unpaired) electrons. The highest BCUT2D eigenvalue weighted by molar-refractivity contribution is 5.94. The highest BCUT2D eigenvalue weighted by atomic mass is 16.3. The summed E-state index contributed by atoms with van der Waals surface area (Å²) in [4.78, 5) is 11.6. The second kappa shape index (κ2) is 4.45. The Bertz CT molecular complexity index is 333. The monoisotopic (exact) mass is 205 g/mol. The first-order valence-corrected chi connectivity index (χ1v) is 5.28. The molecule has 1 fully saturated rings. The molecule has 1 atom stereocenters. The quantitative estimate of drug-likeness (QED) is 0.775. The average Bonchev–Trinajstić information content (AvgIpc) is 3.10. The summed E-state index contributed by atoms with van der Waals surface area (Å²) in [5.41, 5.74) is 0.639. The van der Waals surface area contributed by atoms with E-state index in [-0.39, 0.29) is 12.0 Å². The number of benzene rings is 1. The molecule has 1 unspecified atom stereocenters. The minimum absolute atomic E-state index is 0.115. The molecule has 0 heterocycles. The number of carbonyl (C=O) groups is 1. The van der Waals surface area contributed by atoms with Gasteiger partial charge in [-0.25, -0.2) is 0 Å². The van der Waals surface area contributed by atoms with Gasteiger partial charge in [0, 0.05) is 12.1 Å². The molecule has 2 rings (SSSR count). The Morgan fingerprint density at radius 3 is 2.67 bits per heavy atom. The van der Waals surface area contributed by atoms with Gasteiger partial charge >= 0.3 is 0 Å². The van der Waals surface area contributed by atoms with Gasteiger partial charge in [0.05, 0.1) is 6.10 Å². The smallest absolute Gasteiger partial charge is 0.251 e. The number of amides is 1. The average molecular weight is 205 g/mol. The number of hydrogen-bond acceptors (Lipinski definition) is 2. The van der Waals surface area contributed by atoms with Crippen molar-refractivity contribution in [1.82, 2.24) is 5.32 Å². The molecule has 1 aromatic rings. The Hall–Kier alpha value is -1.35. The zero-order valence-electron chi connectivity index (χ0n) is 8.52. The van der Waals surface area contributed by atoms with E-state index in [4.69, 9.17) is 0 Å². The van der Waals surface area contributed by atoms with Gasteiger partial charge < -0.3 is 10.4 Å². The maximum absolute atomic E-state index is 11.6. The SMILES string of the molecule is O=C(NCC(O)C1CC1)c1ccccc1. The number of rotatable bonds is 4. The van der Waals surface area contributed by atoms with Crippen molar-refractivity contribution in [3.05, 3.63) is 35.9 Å². The van der Waals surface area contributed by atoms with Crippen LogP contribution in [0.2, 0.25) is 0 Å². The maximum Gasteiger partial charge on any atom is 0.251 e. The fourth-order valence-corrected chi connectivity index (χ4v) is 1.54. The molecule has 1 saturated carbocycles. The van der Waals surface area contributed by atoms with Gasteiger partial charge in [0.1, 0.15) is 0 Å². The number of hydrogen-bond donors (Lipinski definition) is 2. The molecule has 80 valence electrons. The minimum atomic E-state index is -0.377. The van der Waals surface area contributed by atoms with Crippen molar-refractivity contribution in [3.63, 3.8) is 0 Å². The molecule has 0 bridgehead atoms. The Labute approximate surface area is 89.1 Å². The summed E-state index contributed by atoms with van der Waals surface area (Å²) in [5.74, 6) is 0.288. The topological polar surface area (TPSA) is 49.3 Å². The van der Waals surface area contributed by atoms with Crippen LogP contribution in [0.1, 0.15) is 23.2 Å². The van der Waals surface area contributed by atoms with Crippen LogP contribution in [0.3, 0.4) is 0 Å². The molecule has 3 nitrogen and oxygen atoms in total. The van der Waals surface area contributed by atoms with E-state index in [1.807, 2.05) is 18.2 Å². The zero-order chi connectivity index (χ0) is 10.7. The fourth-order valence-electron chi connectivity index (χ4n) is 1.54. The van der Waals surface area contributed by atoms with E-state index in [2.05, 4.69) is 5.32 Å². The lowest BCUT2D eigenvalue weighted by molar-refractivity contribution is 0.0901. The van der Waals surface area contributed by atoms with Crippen molar-refractivity contribution in [3.8, 4) is 0 Å². The minimum Gasteiger partial charge on any atom is -0.391 e. The van der Waals surface area contributed by atoms with E-state index in [1.165, 1.54) is 0 Å². The third kappa shape index (κ3) is 2.80. The van der Waals surface area contributed by atoms with Crippen LogP contribution in [0.5, 0.6) is 0 Å². The lowest BCUT2D eigenvalue weighted by atomic mass is 10.2. The maximum atomic E-state index is 11.6. The van der Waals surface area contributed by atoms with Gasteiger partial charge in [0.15, 0.2) is 0 Å². The standard InChI is InChI=1S/C12H15NO2/c14-11(9-6-7-9)8-13-12(15)10-4-2-1-3-5-10/h1-5,9,11,14H,6-8H2,(H,13,15). The normalized spacial score (nSPS) is 17.1. The third-order valence-electron chi connectivity index (χ3n) is 2.67. The molecule has 1 aliphatic carbocycles. The molecule has 2 N–H and O–H groups in total. The Morgan fingerprint density at radius 1 is 1.40 bits per heavy atom. The second-order valence-corrected chi connectivity index (χ2v) is 3.98. The highest BCUT2D eigenvalue weighted by Crippen LogP contribution is 2.32. The molecule has 0 spiro atoms. The van der Waals surface area contributed by atoms with Gasteiger partial charge in [0.25, 0.3) is 5.91 Å². The number of nitrogens with one attached hydrogen (secondary N) is 1. The van der Waals surface area contributed by atoms with Crippen molar-refractivity contribution in [2.75, 3.05) is 6.54 Å². The predicted molar refractivity (Wildman–Crippen MR) is 57.5 cm³/mol. The van der Waals surface area contributed by atoms with Gasteiger partial charge in [-0.1, -0.05) is 18.2 Å². The molecule has 0 aliphatic heterocycles. The summed E-state index contributed by atoms with van der Waals surface area (Å²) in [7, 11) is 0. The van der Waals surface area contributed by atoms with Crippen LogP contribution >= 0.6 is 0 Å². The van der Waals surface area contributed by atoms with Crippen LogP contribution in [0, 0.1) is 5.92 Å². The largest absolute Gasteiger partial charge is 0.391 e. The first-order chi connectivity index (χ1) is 7.27. The molecular weight excluding hydrogens is 190 g/mol. The van der Waals surface area contributed by atoms with Gasteiger partial charge in [-0.05, 0) is 30.9 Å². The van der Waals surface area contributed by atoms with Crippen LogP contribution in [-0.2, 0) is 0 Å². The Morgan fingerprint density at radius 2 is 2.07 bits per heavy atom. The van der Waals surface area contributed by atoms with Crippen LogP contribution < -0.4 is 5.32 Å². The summed E-state index contributed by atoms with van der Waals surface area (Å²) in [6.07, 6.45) is 1.79. The number of aliphatic hydroxyl groups excluding tert-OH is 1. The summed E-state index contributed by atoms with van der Waals surface area (Å²) in [5, 5.41) is 12.3. The van der Waals surface area contributed by atoms with E-state index in [0.717, 1.165) is 12.8 Å². The highest BCUT2D eigenvalue weighted by Gasteiger charge is 2.29. The van der Waals surface area contributed by atoms with Crippen LogP contribution in [-0.4, -0.2) is 23.7 Å². The molecule has 1 aromatic carbocycles. The molecule has 0 aromatic heterocycles. The van der Waals surface area contributed by atoms with Crippen LogP contribution in [0.4, 0.5) is 0 Å². The van der Waals surface area contributed by atoms with E-state index >= 15 is 0 Å². The molecular formula is C12H15NO2. The summed E-state index contributed by atoms with van der Waals surface area (Å²) < 4.78 is 0. The van der Waals surface area contributed by atoms with Crippen molar-refractivity contribution >= 4 is 5.91 Å². The number of carbonyl (C=O) groups excluding carboxylic acids is 1. The molecule has 1 aliphatic rings. The van der Waals surface area contributed by atoms with Crippen LogP contribution in [0.15, 0.2) is 30.3 Å². The lowest BCUT2D eigenvalue weighted by Gasteiger charge is -2.10. The molecule has 3 heteroatoms. The van der Waals surface area contributed by atoms with Gasteiger partial charge in [-0.15, -0.1) is 0 Å². The molecule has 15 heavy (non-hydrogen) atoms. The van der Waals surface area contributed by atoms with E-state index in [1.54, 1.807) is 12.1 Å². The van der Waals surface area contributed by atoms with Crippen molar-refractivity contribution in [2.45, 2.75) is 18.9 Å². The van der Waals surface area contributed by atoms with Gasteiger partial charge in [-0.3, -0.25) is 4.79 Å². The molecule has 0 saturated heterocycles. The summed E-state index contributed by atoms with van der Waals surface area (Å²) in [6.45, 7) is 0.360. The number of aliphatic hydroxyl groups is 1. The predicted octanol–water partition coefficient (Wildman–Crippen LogP) is 1.19. The summed E-state index contributed by atoms with van der Waals surface area (Å²) >= 11 is 0. The van der Waals surface area contributed by atoms with E-state index in [9.17, 15) is 9.90 Å². The van der Waals surface area contributed by atoms with Gasteiger partial charge in [0.2, 0.25) is 0 Å². The molecule has 1 amide bonds. The van der Waals surface area contributed by atoms with Crippen LogP contribution in [0.25, 0.3) is 0 Å². The van der Waals surface area contributed by atoms with Crippen molar-refractivity contribution in [1.29, 1.82) is 0 Å². The zero-order valence-corrected chi connectivity index (χ0v) is 8.52. The van der Waals surface area contributed by atoms with Crippen molar-refractivity contribution < 1.29 is 9.90 Å². The fraction of sp³-hybridized carbons (Fsp3) is 0.417. The van der Waals surface area contributed by atoms with Crippen molar-refractivity contribution in [2.24, 2.45) is 5.92 Å². The van der Waals surface area contributed by atoms with E-state index in [0.29, 0.717) is 18.0 Å². The second-order valence-electron chi connectivity index (χ2n) is 3.98. The first-order valence-electron chi connectivity index (χ1n) is 5.28. The first kappa shape index (κ1) is 10.2. The van der Waals surface area contributed by atoms with E-state index < -0.39 is 0 Å². The summed E-state index contributed by atoms with van der Waals surface area (Å²) in [6, 6.07) is 9.05. The lowest BCUT2D eigenvalue weighted by Crippen LogP contribution is -2.33. The Balaban J connectivity index is 1.82. The Kier molecular flexibility index (Phi) is 3.02. The third-order valence-corrected chi connectivity index (χ3v) is 2.67. The van der Waals surface area contributed by atoms with Gasteiger partial charge in [-0.2, -0.15) is 0 Å².